The maximum absolute atomic E-state index is 12.7. The van der Waals surface area contributed by atoms with Crippen molar-refractivity contribution in [2.45, 2.75) is 24.5 Å². The van der Waals surface area contributed by atoms with E-state index in [-0.39, 0.29) is 10.8 Å². The van der Waals surface area contributed by atoms with E-state index in [0.717, 1.165) is 5.56 Å². The van der Waals surface area contributed by atoms with Crippen LogP contribution in [-0.4, -0.2) is 51.0 Å². The number of morpholine rings is 1. The maximum atomic E-state index is 12.7. The van der Waals surface area contributed by atoms with Gasteiger partial charge in [-0.25, -0.2) is 8.42 Å². The number of sulfonamides is 1. The smallest absolute Gasteiger partial charge is 0.265 e. The van der Waals surface area contributed by atoms with E-state index in [1.165, 1.54) is 16.4 Å². The van der Waals surface area contributed by atoms with Crippen molar-refractivity contribution in [3.05, 3.63) is 84.4 Å². The molecule has 0 spiro atoms. The fourth-order valence-electron chi connectivity index (χ4n) is 3.50. The number of amides is 1. The molecule has 0 aliphatic carbocycles. The second kappa shape index (κ2) is 11.4. The van der Waals surface area contributed by atoms with Crippen LogP contribution in [-0.2, 0) is 26.2 Å². The molecule has 184 valence electrons. The standard InChI is InChI=1S/C26H28N2O6S/c1-20(34-24-11-13-25(14-12-24)35(30,31)28-15-17-32-18-16-28)26(29)27-22-7-9-23(10-8-22)33-19-21-5-3-2-4-6-21/h2-14,20H,15-19H2,1H3,(H,27,29). The molecule has 0 aromatic heterocycles. The highest BCUT2D eigenvalue weighted by Crippen LogP contribution is 2.22. The molecule has 35 heavy (non-hydrogen) atoms. The summed E-state index contributed by atoms with van der Waals surface area (Å²) < 4.78 is 43.5. The van der Waals surface area contributed by atoms with Gasteiger partial charge < -0.3 is 19.5 Å². The van der Waals surface area contributed by atoms with Gasteiger partial charge >= 0.3 is 0 Å². The largest absolute Gasteiger partial charge is 0.489 e. The monoisotopic (exact) mass is 496 g/mol. The molecule has 1 atom stereocenters. The summed E-state index contributed by atoms with van der Waals surface area (Å²) in [6.07, 6.45) is -0.786. The Hall–Kier alpha value is -3.40. The lowest BCUT2D eigenvalue weighted by Crippen LogP contribution is -2.40. The van der Waals surface area contributed by atoms with Crippen LogP contribution in [0.4, 0.5) is 5.69 Å². The fourth-order valence-corrected chi connectivity index (χ4v) is 4.91. The normalized spacial score (nSPS) is 15.2. The Kier molecular flexibility index (Phi) is 8.02. The minimum Gasteiger partial charge on any atom is -0.489 e. The molecule has 1 aliphatic rings. The van der Waals surface area contributed by atoms with Crippen molar-refractivity contribution in [1.82, 2.24) is 4.31 Å². The Morgan fingerprint density at radius 1 is 0.943 bits per heavy atom. The minimum absolute atomic E-state index is 0.179. The number of carbonyl (C=O) groups excluding carboxylic acids is 1. The molecular formula is C26H28N2O6S. The third-order valence-electron chi connectivity index (χ3n) is 5.48. The van der Waals surface area contributed by atoms with Crippen LogP contribution in [0, 0.1) is 0 Å². The van der Waals surface area contributed by atoms with Gasteiger partial charge in [0.15, 0.2) is 6.10 Å². The lowest BCUT2D eigenvalue weighted by Gasteiger charge is -2.26. The Bertz CT molecular complexity index is 1210. The topological polar surface area (TPSA) is 94.2 Å². The van der Waals surface area contributed by atoms with Gasteiger partial charge in [0.2, 0.25) is 10.0 Å². The summed E-state index contributed by atoms with van der Waals surface area (Å²) >= 11 is 0. The van der Waals surface area contributed by atoms with E-state index in [2.05, 4.69) is 5.32 Å². The van der Waals surface area contributed by atoms with Crippen molar-refractivity contribution < 1.29 is 27.4 Å². The zero-order valence-corrected chi connectivity index (χ0v) is 20.2. The first kappa shape index (κ1) is 24.7. The van der Waals surface area contributed by atoms with Gasteiger partial charge in [0.05, 0.1) is 18.1 Å². The summed E-state index contributed by atoms with van der Waals surface area (Å²) in [4.78, 5) is 12.7. The number of rotatable bonds is 9. The zero-order valence-electron chi connectivity index (χ0n) is 19.4. The highest BCUT2D eigenvalue weighted by atomic mass is 32.2. The average molecular weight is 497 g/mol. The minimum atomic E-state index is -3.58. The Balaban J connectivity index is 1.28. The molecule has 1 saturated heterocycles. The summed E-state index contributed by atoms with van der Waals surface area (Å²) in [6, 6.07) is 23.0. The molecule has 4 rings (SSSR count). The van der Waals surface area contributed by atoms with Crippen LogP contribution in [0.5, 0.6) is 11.5 Å². The van der Waals surface area contributed by atoms with Crippen LogP contribution < -0.4 is 14.8 Å². The van der Waals surface area contributed by atoms with Gasteiger partial charge in [-0.05, 0) is 61.0 Å². The first-order chi connectivity index (χ1) is 16.9. The Morgan fingerprint density at radius 3 is 2.23 bits per heavy atom. The summed E-state index contributed by atoms with van der Waals surface area (Å²) in [7, 11) is -3.58. The van der Waals surface area contributed by atoms with Crippen molar-refractivity contribution in [1.29, 1.82) is 0 Å². The van der Waals surface area contributed by atoms with Gasteiger partial charge in [0.1, 0.15) is 18.1 Å². The SMILES string of the molecule is CC(Oc1ccc(S(=O)(=O)N2CCOCC2)cc1)C(=O)Nc1ccc(OCc2ccccc2)cc1. The second-order valence-corrected chi connectivity index (χ2v) is 9.97. The van der Waals surface area contributed by atoms with Gasteiger partial charge in [-0.3, -0.25) is 4.79 Å². The van der Waals surface area contributed by atoms with Crippen molar-refractivity contribution in [3.63, 3.8) is 0 Å². The van der Waals surface area contributed by atoms with Crippen molar-refractivity contribution in [2.24, 2.45) is 0 Å². The van der Waals surface area contributed by atoms with E-state index in [1.54, 1.807) is 43.3 Å². The summed E-state index contributed by atoms with van der Waals surface area (Å²) in [5.41, 5.74) is 1.69. The molecule has 0 radical (unpaired) electrons. The molecular weight excluding hydrogens is 468 g/mol. The Labute approximate surface area is 205 Å². The van der Waals surface area contributed by atoms with Gasteiger partial charge in [-0.15, -0.1) is 0 Å². The van der Waals surface area contributed by atoms with Gasteiger partial charge in [0.25, 0.3) is 5.91 Å². The lowest BCUT2D eigenvalue weighted by molar-refractivity contribution is -0.122. The van der Waals surface area contributed by atoms with E-state index >= 15 is 0 Å². The molecule has 1 unspecified atom stereocenters. The van der Waals surface area contributed by atoms with Crippen molar-refractivity contribution in [3.8, 4) is 11.5 Å². The third kappa shape index (κ3) is 6.60. The number of hydrogen-bond donors (Lipinski definition) is 1. The molecule has 1 amide bonds. The predicted molar refractivity (Wildman–Crippen MR) is 132 cm³/mol. The van der Waals surface area contributed by atoms with Crippen LogP contribution in [0.3, 0.4) is 0 Å². The summed E-state index contributed by atoms with van der Waals surface area (Å²) in [6.45, 7) is 3.53. The fraction of sp³-hybridized carbons (Fsp3) is 0.269. The van der Waals surface area contributed by atoms with E-state index < -0.39 is 16.1 Å². The highest BCUT2D eigenvalue weighted by molar-refractivity contribution is 7.89. The quantitative estimate of drug-likeness (QED) is 0.486. The number of anilines is 1. The van der Waals surface area contributed by atoms with Crippen LogP contribution in [0.1, 0.15) is 12.5 Å². The van der Waals surface area contributed by atoms with Crippen LogP contribution in [0.15, 0.2) is 83.8 Å². The number of carbonyl (C=O) groups is 1. The third-order valence-corrected chi connectivity index (χ3v) is 7.40. The van der Waals surface area contributed by atoms with Crippen molar-refractivity contribution >= 4 is 21.6 Å². The van der Waals surface area contributed by atoms with Crippen LogP contribution in [0.25, 0.3) is 0 Å². The average Bonchev–Trinajstić information content (AvgIpc) is 2.89. The lowest BCUT2D eigenvalue weighted by atomic mass is 10.2. The summed E-state index contributed by atoms with van der Waals surface area (Å²) in [5.74, 6) is 0.773. The molecule has 3 aromatic carbocycles. The molecule has 1 heterocycles. The molecule has 0 bridgehead atoms. The first-order valence-electron chi connectivity index (χ1n) is 11.3. The van der Waals surface area contributed by atoms with Crippen LogP contribution >= 0.6 is 0 Å². The van der Waals surface area contributed by atoms with E-state index in [0.29, 0.717) is 50.1 Å². The predicted octanol–water partition coefficient (Wildman–Crippen LogP) is 3.69. The molecule has 0 saturated carbocycles. The van der Waals surface area contributed by atoms with Crippen LogP contribution in [0.2, 0.25) is 0 Å². The number of hydrogen-bond acceptors (Lipinski definition) is 6. The molecule has 8 nitrogen and oxygen atoms in total. The number of nitrogens with one attached hydrogen (secondary N) is 1. The van der Waals surface area contributed by atoms with E-state index in [9.17, 15) is 13.2 Å². The molecule has 1 fully saturated rings. The first-order valence-corrected chi connectivity index (χ1v) is 12.8. The van der Waals surface area contributed by atoms with E-state index in [4.69, 9.17) is 14.2 Å². The van der Waals surface area contributed by atoms with Gasteiger partial charge in [0, 0.05) is 18.8 Å². The van der Waals surface area contributed by atoms with Gasteiger partial charge in [-0.1, -0.05) is 30.3 Å². The van der Waals surface area contributed by atoms with E-state index in [1.807, 2.05) is 30.3 Å². The molecule has 1 N–H and O–H groups in total. The zero-order chi connectivity index (χ0) is 24.7. The molecule has 3 aromatic rings. The highest BCUT2D eigenvalue weighted by Gasteiger charge is 2.26. The van der Waals surface area contributed by atoms with Gasteiger partial charge in [-0.2, -0.15) is 4.31 Å². The summed E-state index contributed by atoms with van der Waals surface area (Å²) in [5, 5.41) is 2.81. The maximum Gasteiger partial charge on any atom is 0.265 e. The van der Waals surface area contributed by atoms with Crippen molar-refractivity contribution in [2.75, 3.05) is 31.6 Å². The number of benzene rings is 3. The number of ether oxygens (including phenoxy) is 3. The second-order valence-electron chi connectivity index (χ2n) is 8.04. The number of nitrogens with zero attached hydrogens (tertiary/aromatic N) is 1. The molecule has 1 aliphatic heterocycles. The Morgan fingerprint density at radius 2 is 1.57 bits per heavy atom. The molecule has 9 heteroatoms.